The lowest BCUT2D eigenvalue weighted by atomic mass is 10.2. The van der Waals surface area contributed by atoms with Gasteiger partial charge in [0.15, 0.2) is 5.65 Å². The maximum absolute atomic E-state index is 11.1. The summed E-state index contributed by atoms with van der Waals surface area (Å²) >= 11 is 0. The van der Waals surface area contributed by atoms with Crippen molar-refractivity contribution >= 4 is 11.6 Å². The zero-order chi connectivity index (χ0) is 12.7. The summed E-state index contributed by atoms with van der Waals surface area (Å²) in [5.41, 5.74) is 2.86. The van der Waals surface area contributed by atoms with Crippen LogP contribution in [0.15, 0.2) is 30.6 Å². The monoisotopic (exact) mass is 242 g/mol. The van der Waals surface area contributed by atoms with Crippen LogP contribution in [0.3, 0.4) is 0 Å². The number of nitrogens with one attached hydrogen (secondary N) is 1. The molecule has 0 aromatic carbocycles. The topological polar surface area (TPSA) is 83.3 Å². The van der Waals surface area contributed by atoms with Gasteiger partial charge in [0.25, 0.3) is 0 Å². The van der Waals surface area contributed by atoms with Crippen molar-refractivity contribution in [3.8, 4) is 11.4 Å². The molecule has 0 unspecified atom stereocenters. The average Bonchev–Trinajstić information content (AvgIpc) is 2.96. The minimum atomic E-state index is -1.03. The summed E-state index contributed by atoms with van der Waals surface area (Å²) < 4.78 is 1.53. The molecule has 3 aromatic rings. The van der Waals surface area contributed by atoms with Gasteiger partial charge in [-0.2, -0.15) is 5.10 Å². The number of aromatic carboxylic acids is 1. The third-order valence-electron chi connectivity index (χ3n) is 2.70. The van der Waals surface area contributed by atoms with Crippen LogP contribution in [-0.2, 0) is 0 Å². The van der Waals surface area contributed by atoms with Crippen molar-refractivity contribution < 1.29 is 9.90 Å². The summed E-state index contributed by atoms with van der Waals surface area (Å²) in [6, 6.07) is 5.63. The summed E-state index contributed by atoms with van der Waals surface area (Å²) in [5.74, 6) is -1.03. The molecule has 18 heavy (non-hydrogen) atoms. The Morgan fingerprint density at radius 2 is 2.33 bits per heavy atom. The Bertz CT molecular complexity index is 728. The fraction of sp³-hybridized carbons (Fsp3) is 0.0833. The number of carboxylic acid groups (broad SMARTS) is 1. The predicted octanol–water partition coefficient (Wildman–Crippen LogP) is 1.73. The second-order valence-corrected chi connectivity index (χ2v) is 3.97. The van der Waals surface area contributed by atoms with E-state index < -0.39 is 5.97 Å². The first-order valence-corrected chi connectivity index (χ1v) is 5.39. The Morgan fingerprint density at radius 3 is 3.00 bits per heavy atom. The third-order valence-corrected chi connectivity index (χ3v) is 2.70. The number of aromatic nitrogens is 4. The van der Waals surface area contributed by atoms with Gasteiger partial charge in [-0.25, -0.2) is 14.3 Å². The Morgan fingerprint density at radius 1 is 1.50 bits per heavy atom. The lowest BCUT2D eigenvalue weighted by Gasteiger charge is -2.04. The number of aromatic amines is 1. The zero-order valence-electron chi connectivity index (χ0n) is 9.58. The summed E-state index contributed by atoms with van der Waals surface area (Å²) in [6.45, 7) is 1.82. The molecule has 0 aliphatic heterocycles. The molecule has 3 rings (SSSR count). The third kappa shape index (κ3) is 1.46. The molecule has 6 heteroatoms. The van der Waals surface area contributed by atoms with Gasteiger partial charge in [0.1, 0.15) is 5.56 Å². The van der Waals surface area contributed by atoms with E-state index >= 15 is 0 Å². The van der Waals surface area contributed by atoms with Crippen LogP contribution in [0.4, 0.5) is 0 Å². The summed E-state index contributed by atoms with van der Waals surface area (Å²) in [6.07, 6.45) is 3.12. The van der Waals surface area contributed by atoms with Gasteiger partial charge in [0.2, 0.25) is 0 Å². The SMILES string of the molecule is Cc1cc(-c2ccc[nH]2)n2ncc(C(=O)O)c2n1. The first-order chi connectivity index (χ1) is 8.66. The lowest BCUT2D eigenvalue weighted by Crippen LogP contribution is -2.01. The Balaban J connectivity index is 2.36. The van der Waals surface area contributed by atoms with Gasteiger partial charge in [-0.3, -0.25) is 0 Å². The number of nitrogens with zero attached hydrogens (tertiary/aromatic N) is 3. The molecule has 0 saturated heterocycles. The number of fused-ring (bicyclic) bond motifs is 1. The van der Waals surface area contributed by atoms with Crippen LogP contribution >= 0.6 is 0 Å². The molecule has 2 N–H and O–H groups in total. The average molecular weight is 242 g/mol. The second kappa shape index (κ2) is 3.69. The van der Waals surface area contributed by atoms with Gasteiger partial charge in [-0.15, -0.1) is 0 Å². The quantitative estimate of drug-likeness (QED) is 0.716. The Labute approximate surface area is 102 Å². The van der Waals surface area contributed by atoms with Crippen LogP contribution in [0.25, 0.3) is 17.0 Å². The standard InChI is InChI=1S/C12H10N4O2/c1-7-5-10(9-3-2-4-13-9)16-11(15-7)8(6-14-16)12(17)18/h2-6,13H,1H3,(H,17,18). The molecule has 0 atom stereocenters. The van der Waals surface area contributed by atoms with Crippen LogP contribution in [-0.4, -0.2) is 30.7 Å². The number of aryl methyl sites for hydroxylation is 1. The second-order valence-electron chi connectivity index (χ2n) is 3.97. The smallest absolute Gasteiger partial charge is 0.341 e. The lowest BCUT2D eigenvalue weighted by molar-refractivity contribution is 0.0699. The molecule has 0 radical (unpaired) electrons. The molecule has 0 spiro atoms. The number of carbonyl (C=O) groups is 1. The highest BCUT2D eigenvalue weighted by Crippen LogP contribution is 2.20. The van der Waals surface area contributed by atoms with Gasteiger partial charge in [0.05, 0.1) is 17.6 Å². The molecule has 3 aromatic heterocycles. The molecule has 0 aliphatic carbocycles. The van der Waals surface area contributed by atoms with Crippen molar-refractivity contribution in [2.75, 3.05) is 0 Å². The van der Waals surface area contributed by atoms with E-state index in [1.165, 1.54) is 10.7 Å². The molecule has 90 valence electrons. The minimum Gasteiger partial charge on any atom is -0.477 e. The molecule has 0 saturated carbocycles. The van der Waals surface area contributed by atoms with Crippen molar-refractivity contribution in [3.05, 3.63) is 41.9 Å². The van der Waals surface area contributed by atoms with E-state index in [1.54, 1.807) is 6.20 Å². The number of H-pyrrole nitrogens is 1. The van der Waals surface area contributed by atoms with Crippen molar-refractivity contribution in [1.29, 1.82) is 0 Å². The molecule has 0 bridgehead atoms. The van der Waals surface area contributed by atoms with Gasteiger partial charge in [0, 0.05) is 11.9 Å². The van der Waals surface area contributed by atoms with Crippen molar-refractivity contribution in [2.45, 2.75) is 6.92 Å². The van der Waals surface area contributed by atoms with Crippen molar-refractivity contribution in [1.82, 2.24) is 19.6 Å². The number of hydrogen-bond donors (Lipinski definition) is 2. The van der Waals surface area contributed by atoms with Crippen LogP contribution < -0.4 is 0 Å². The first kappa shape index (κ1) is 10.5. The fourth-order valence-corrected chi connectivity index (χ4v) is 1.92. The highest BCUT2D eigenvalue weighted by Gasteiger charge is 2.16. The van der Waals surface area contributed by atoms with Crippen LogP contribution in [0.1, 0.15) is 16.1 Å². The predicted molar refractivity (Wildman–Crippen MR) is 64.5 cm³/mol. The molecule has 0 amide bonds. The molecule has 0 fully saturated rings. The van der Waals surface area contributed by atoms with E-state index in [1.807, 2.05) is 25.1 Å². The van der Waals surface area contributed by atoms with Crippen molar-refractivity contribution in [2.24, 2.45) is 0 Å². The molecular weight excluding hydrogens is 232 g/mol. The van der Waals surface area contributed by atoms with Gasteiger partial charge < -0.3 is 10.1 Å². The highest BCUT2D eigenvalue weighted by atomic mass is 16.4. The van der Waals surface area contributed by atoms with Gasteiger partial charge >= 0.3 is 5.97 Å². The van der Waals surface area contributed by atoms with E-state index in [9.17, 15) is 4.79 Å². The van der Waals surface area contributed by atoms with E-state index in [-0.39, 0.29) is 5.56 Å². The maximum atomic E-state index is 11.1. The summed E-state index contributed by atoms with van der Waals surface area (Å²) in [4.78, 5) is 18.4. The summed E-state index contributed by atoms with van der Waals surface area (Å²) in [7, 11) is 0. The number of rotatable bonds is 2. The first-order valence-electron chi connectivity index (χ1n) is 5.39. The Hall–Kier alpha value is -2.63. The number of hydrogen-bond acceptors (Lipinski definition) is 3. The zero-order valence-corrected chi connectivity index (χ0v) is 9.58. The Kier molecular flexibility index (Phi) is 2.16. The molecular formula is C12H10N4O2. The van der Waals surface area contributed by atoms with E-state index in [2.05, 4.69) is 15.1 Å². The molecule has 3 heterocycles. The largest absolute Gasteiger partial charge is 0.477 e. The normalized spacial score (nSPS) is 10.9. The highest BCUT2D eigenvalue weighted by molar-refractivity contribution is 5.94. The summed E-state index contributed by atoms with van der Waals surface area (Å²) in [5, 5.41) is 13.2. The molecule has 0 aliphatic rings. The van der Waals surface area contributed by atoms with E-state index in [4.69, 9.17) is 5.11 Å². The van der Waals surface area contributed by atoms with Crippen LogP contribution in [0.5, 0.6) is 0 Å². The van der Waals surface area contributed by atoms with Crippen LogP contribution in [0, 0.1) is 6.92 Å². The number of carboxylic acids is 1. The minimum absolute atomic E-state index is 0.103. The maximum Gasteiger partial charge on any atom is 0.341 e. The van der Waals surface area contributed by atoms with Crippen molar-refractivity contribution in [3.63, 3.8) is 0 Å². The van der Waals surface area contributed by atoms with Gasteiger partial charge in [-0.1, -0.05) is 0 Å². The fourth-order valence-electron chi connectivity index (χ4n) is 1.92. The van der Waals surface area contributed by atoms with E-state index in [0.717, 1.165) is 17.1 Å². The van der Waals surface area contributed by atoms with Crippen LogP contribution in [0.2, 0.25) is 0 Å². The molecule has 6 nitrogen and oxygen atoms in total. The van der Waals surface area contributed by atoms with Gasteiger partial charge in [-0.05, 0) is 25.1 Å². The van der Waals surface area contributed by atoms with E-state index in [0.29, 0.717) is 5.65 Å².